The van der Waals surface area contributed by atoms with Gasteiger partial charge in [0.2, 0.25) is 5.91 Å². The van der Waals surface area contributed by atoms with Crippen LogP contribution < -0.4 is 5.32 Å². The van der Waals surface area contributed by atoms with Gasteiger partial charge in [-0.2, -0.15) is 0 Å². The van der Waals surface area contributed by atoms with Gasteiger partial charge in [0.25, 0.3) is 0 Å². The van der Waals surface area contributed by atoms with Gasteiger partial charge in [-0.3, -0.25) is 4.79 Å². The first kappa shape index (κ1) is 7.32. The minimum atomic E-state index is 0.180. The summed E-state index contributed by atoms with van der Waals surface area (Å²) in [6.07, 6.45) is 3.43. The normalized spacial score (nSPS) is 31.9. The van der Waals surface area contributed by atoms with E-state index in [-0.39, 0.29) is 5.91 Å². The van der Waals surface area contributed by atoms with Crippen molar-refractivity contribution in [2.45, 2.75) is 25.8 Å². The summed E-state index contributed by atoms with van der Waals surface area (Å²) in [6, 6.07) is 0.338. The van der Waals surface area contributed by atoms with Crippen LogP contribution in [0.25, 0.3) is 0 Å². The van der Waals surface area contributed by atoms with E-state index in [1.54, 1.807) is 0 Å². The molecule has 1 N–H and O–H groups in total. The Bertz CT molecular complexity index is 153. The summed E-state index contributed by atoms with van der Waals surface area (Å²) in [5, 5.41) is 2.89. The van der Waals surface area contributed by atoms with Gasteiger partial charge in [-0.05, 0) is 12.3 Å². The highest BCUT2D eigenvalue weighted by Crippen LogP contribution is 2.17. The number of hydrogen-bond donors (Lipinski definition) is 1. The fourth-order valence-corrected chi connectivity index (χ4v) is 1.31. The third-order valence-corrected chi connectivity index (χ3v) is 1.96. The second kappa shape index (κ2) is 2.86. The van der Waals surface area contributed by atoms with E-state index in [1.807, 2.05) is 6.08 Å². The highest BCUT2D eigenvalue weighted by atomic mass is 16.1. The van der Waals surface area contributed by atoms with Gasteiger partial charge in [0.1, 0.15) is 0 Å². The highest BCUT2D eigenvalue weighted by molar-refractivity contribution is 5.78. The molecule has 0 saturated carbocycles. The molecule has 56 valence electrons. The first-order valence-electron chi connectivity index (χ1n) is 3.64. The Balaban J connectivity index is 2.45. The second-order valence-electron chi connectivity index (χ2n) is 2.88. The van der Waals surface area contributed by atoms with Crippen LogP contribution in [-0.4, -0.2) is 11.9 Å². The fraction of sp³-hybridized carbons (Fsp3) is 0.625. The van der Waals surface area contributed by atoms with Crippen molar-refractivity contribution in [2.75, 3.05) is 0 Å². The number of hydrogen-bond acceptors (Lipinski definition) is 1. The Hall–Kier alpha value is -0.790. The zero-order valence-corrected chi connectivity index (χ0v) is 6.26. The van der Waals surface area contributed by atoms with Crippen molar-refractivity contribution < 1.29 is 4.79 Å². The second-order valence-corrected chi connectivity index (χ2v) is 2.88. The summed E-state index contributed by atoms with van der Waals surface area (Å²) in [5.41, 5.74) is 0. The summed E-state index contributed by atoms with van der Waals surface area (Å²) in [7, 11) is 0. The van der Waals surface area contributed by atoms with E-state index < -0.39 is 0 Å². The Morgan fingerprint density at radius 2 is 2.60 bits per heavy atom. The van der Waals surface area contributed by atoms with E-state index in [9.17, 15) is 4.79 Å². The van der Waals surface area contributed by atoms with Gasteiger partial charge < -0.3 is 5.32 Å². The molecule has 0 aliphatic carbocycles. The molecule has 1 aliphatic rings. The predicted octanol–water partition coefficient (Wildman–Crippen LogP) is 1.09. The van der Waals surface area contributed by atoms with Crippen molar-refractivity contribution in [2.24, 2.45) is 5.92 Å². The van der Waals surface area contributed by atoms with Crippen molar-refractivity contribution in [3.63, 3.8) is 0 Å². The standard InChI is InChI=1S/C8H13NO/c1-3-4-7-6(2)5-8(10)9-7/h3,6-7H,1,4-5H2,2H3,(H,9,10). The Kier molecular flexibility index (Phi) is 2.10. The first-order chi connectivity index (χ1) is 4.74. The maximum absolute atomic E-state index is 10.8. The molecule has 10 heavy (non-hydrogen) atoms. The lowest BCUT2D eigenvalue weighted by Crippen LogP contribution is -2.27. The van der Waals surface area contributed by atoms with Gasteiger partial charge >= 0.3 is 0 Å². The molecule has 2 atom stereocenters. The van der Waals surface area contributed by atoms with Crippen molar-refractivity contribution in [3.05, 3.63) is 12.7 Å². The molecule has 1 fully saturated rings. The molecule has 0 aromatic rings. The van der Waals surface area contributed by atoms with Gasteiger partial charge in [0.15, 0.2) is 0 Å². The van der Waals surface area contributed by atoms with Crippen molar-refractivity contribution >= 4 is 5.91 Å². The molecule has 2 heteroatoms. The van der Waals surface area contributed by atoms with Crippen LogP contribution in [-0.2, 0) is 4.79 Å². The van der Waals surface area contributed by atoms with E-state index in [1.165, 1.54) is 0 Å². The molecular weight excluding hydrogens is 126 g/mol. The van der Waals surface area contributed by atoms with Crippen LogP contribution in [0.2, 0.25) is 0 Å². The van der Waals surface area contributed by atoms with Gasteiger partial charge in [-0.15, -0.1) is 6.58 Å². The largest absolute Gasteiger partial charge is 0.353 e. The van der Waals surface area contributed by atoms with Crippen LogP contribution in [0.4, 0.5) is 0 Å². The summed E-state index contributed by atoms with van der Waals surface area (Å²) in [5.74, 6) is 0.657. The monoisotopic (exact) mass is 139 g/mol. The minimum Gasteiger partial charge on any atom is -0.353 e. The molecule has 1 heterocycles. The molecule has 1 saturated heterocycles. The zero-order chi connectivity index (χ0) is 7.56. The molecule has 0 bridgehead atoms. The molecule has 2 nitrogen and oxygen atoms in total. The topological polar surface area (TPSA) is 29.1 Å². The number of carbonyl (C=O) groups excluding carboxylic acids is 1. The van der Waals surface area contributed by atoms with Crippen LogP contribution in [0.3, 0.4) is 0 Å². The minimum absolute atomic E-state index is 0.180. The van der Waals surface area contributed by atoms with Crippen LogP contribution in [0.15, 0.2) is 12.7 Å². The lowest BCUT2D eigenvalue weighted by Gasteiger charge is -2.10. The molecule has 1 rings (SSSR count). The van der Waals surface area contributed by atoms with Crippen LogP contribution >= 0.6 is 0 Å². The predicted molar refractivity (Wildman–Crippen MR) is 40.5 cm³/mol. The van der Waals surface area contributed by atoms with E-state index in [0.717, 1.165) is 6.42 Å². The number of amides is 1. The maximum atomic E-state index is 10.8. The van der Waals surface area contributed by atoms with Crippen LogP contribution in [0, 0.1) is 5.92 Å². The fourth-order valence-electron chi connectivity index (χ4n) is 1.31. The third-order valence-electron chi connectivity index (χ3n) is 1.96. The van der Waals surface area contributed by atoms with Gasteiger partial charge in [0, 0.05) is 12.5 Å². The van der Waals surface area contributed by atoms with Gasteiger partial charge in [0.05, 0.1) is 0 Å². The molecule has 1 amide bonds. The van der Waals surface area contributed by atoms with Crippen LogP contribution in [0.5, 0.6) is 0 Å². The highest BCUT2D eigenvalue weighted by Gasteiger charge is 2.26. The van der Waals surface area contributed by atoms with Crippen LogP contribution in [0.1, 0.15) is 19.8 Å². The van der Waals surface area contributed by atoms with Gasteiger partial charge in [-0.25, -0.2) is 0 Å². The third kappa shape index (κ3) is 1.38. The smallest absolute Gasteiger partial charge is 0.220 e. The average Bonchev–Trinajstić information content (AvgIpc) is 2.13. The van der Waals surface area contributed by atoms with Crippen molar-refractivity contribution in [1.29, 1.82) is 0 Å². The summed E-state index contributed by atoms with van der Waals surface area (Å²) in [6.45, 7) is 5.72. The lowest BCUT2D eigenvalue weighted by atomic mass is 10.0. The van der Waals surface area contributed by atoms with E-state index in [2.05, 4.69) is 18.8 Å². The molecular formula is C8H13NO. The Labute approximate surface area is 61.3 Å². The molecule has 0 spiro atoms. The molecule has 2 unspecified atom stereocenters. The SMILES string of the molecule is C=CCC1NC(=O)CC1C. The Morgan fingerprint density at radius 3 is 3.00 bits per heavy atom. The quantitative estimate of drug-likeness (QED) is 0.570. The zero-order valence-electron chi connectivity index (χ0n) is 6.26. The number of carbonyl (C=O) groups is 1. The lowest BCUT2D eigenvalue weighted by molar-refractivity contribution is -0.119. The molecule has 0 aromatic heterocycles. The number of rotatable bonds is 2. The summed E-state index contributed by atoms with van der Waals surface area (Å²) in [4.78, 5) is 10.8. The molecule has 1 aliphatic heterocycles. The first-order valence-corrected chi connectivity index (χ1v) is 3.64. The van der Waals surface area contributed by atoms with Gasteiger partial charge in [-0.1, -0.05) is 13.0 Å². The molecule has 0 radical (unpaired) electrons. The Morgan fingerprint density at radius 1 is 1.90 bits per heavy atom. The number of nitrogens with one attached hydrogen (secondary N) is 1. The maximum Gasteiger partial charge on any atom is 0.220 e. The van der Waals surface area contributed by atoms with Crippen molar-refractivity contribution in [1.82, 2.24) is 5.32 Å². The summed E-state index contributed by atoms with van der Waals surface area (Å²) < 4.78 is 0. The van der Waals surface area contributed by atoms with E-state index in [4.69, 9.17) is 0 Å². The van der Waals surface area contributed by atoms with E-state index in [0.29, 0.717) is 18.4 Å². The molecule has 0 aromatic carbocycles. The van der Waals surface area contributed by atoms with E-state index >= 15 is 0 Å². The summed E-state index contributed by atoms with van der Waals surface area (Å²) >= 11 is 0. The average molecular weight is 139 g/mol. The van der Waals surface area contributed by atoms with Crippen molar-refractivity contribution in [3.8, 4) is 0 Å².